The molecule has 0 spiro atoms. The summed E-state index contributed by atoms with van der Waals surface area (Å²) >= 11 is 0. The molecule has 0 saturated heterocycles. The van der Waals surface area contributed by atoms with Gasteiger partial charge in [-0.2, -0.15) is 5.10 Å². The third-order valence-corrected chi connectivity index (χ3v) is 4.12. The quantitative estimate of drug-likeness (QED) is 0.828. The second-order valence-corrected chi connectivity index (χ2v) is 6.20. The maximum atomic E-state index is 12.2. The van der Waals surface area contributed by atoms with Gasteiger partial charge in [-0.3, -0.25) is 9.48 Å². The molecule has 1 aromatic carbocycles. The molecule has 7 nitrogen and oxygen atoms in total. The maximum Gasteiger partial charge on any atom is 0.253 e. The zero-order valence-electron chi connectivity index (χ0n) is 14.7. The van der Waals surface area contributed by atoms with E-state index in [0.29, 0.717) is 12.2 Å². The fourth-order valence-corrected chi connectivity index (χ4v) is 2.92. The maximum absolute atomic E-state index is 12.2. The van der Waals surface area contributed by atoms with Crippen LogP contribution in [0.3, 0.4) is 0 Å². The van der Waals surface area contributed by atoms with Crippen LogP contribution in [0.1, 0.15) is 36.6 Å². The molecule has 0 bridgehead atoms. The van der Waals surface area contributed by atoms with Gasteiger partial charge >= 0.3 is 0 Å². The van der Waals surface area contributed by atoms with E-state index in [1.165, 1.54) is 10.9 Å². The molecular formula is C18H23N3O4. The van der Waals surface area contributed by atoms with Crippen LogP contribution in [-0.4, -0.2) is 33.5 Å². The minimum atomic E-state index is -1.25. The highest BCUT2D eigenvalue weighted by atomic mass is 16.5. The average molecular weight is 345 g/mol. The summed E-state index contributed by atoms with van der Waals surface area (Å²) in [6.45, 7) is 4.72. The van der Waals surface area contributed by atoms with Gasteiger partial charge in [-0.15, -0.1) is 0 Å². The van der Waals surface area contributed by atoms with Gasteiger partial charge in [0.25, 0.3) is 5.91 Å². The zero-order chi connectivity index (χ0) is 18.0. The first-order valence-electron chi connectivity index (χ1n) is 8.37. The number of aliphatic hydroxyl groups excluding tert-OH is 1. The molecule has 0 unspecified atom stereocenters. The van der Waals surface area contributed by atoms with Crippen molar-refractivity contribution >= 4 is 5.91 Å². The van der Waals surface area contributed by atoms with E-state index >= 15 is 0 Å². The topological polar surface area (TPSA) is 85.6 Å². The molecule has 1 amide bonds. The van der Waals surface area contributed by atoms with E-state index in [1.54, 1.807) is 13.2 Å². The second-order valence-electron chi connectivity index (χ2n) is 6.20. The van der Waals surface area contributed by atoms with Crippen LogP contribution in [-0.2, 0) is 24.8 Å². The van der Waals surface area contributed by atoms with Crippen LogP contribution in [0.4, 0.5) is 0 Å². The van der Waals surface area contributed by atoms with Crippen LogP contribution in [0.2, 0.25) is 0 Å². The molecule has 3 rings (SSSR count). The van der Waals surface area contributed by atoms with Gasteiger partial charge in [-0.1, -0.05) is 0 Å². The summed E-state index contributed by atoms with van der Waals surface area (Å²) in [5, 5.41) is 16.8. The fourth-order valence-electron chi connectivity index (χ4n) is 2.92. The second kappa shape index (κ2) is 7.14. The summed E-state index contributed by atoms with van der Waals surface area (Å²) in [6.07, 6.45) is 2.82. The van der Waals surface area contributed by atoms with Crippen molar-refractivity contribution in [3.05, 3.63) is 41.2 Å². The van der Waals surface area contributed by atoms with Crippen LogP contribution < -0.4 is 14.8 Å². The third-order valence-electron chi connectivity index (χ3n) is 4.12. The number of aryl methyl sites for hydroxylation is 1. The zero-order valence-corrected chi connectivity index (χ0v) is 14.7. The molecule has 0 radical (unpaired) electrons. The Kier molecular flexibility index (Phi) is 4.94. The van der Waals surface area contributed by atoms with Crippen molar-refractivity contribution in [2.45, 2.75) is 39.0 Å². The van der Waals surface area contributed by atoms with Gasteiger partial charge in [0, 0.05) is 42.9 Å². The number of aliphatic hydroxyl groups is 1. The molecule has 0 saturated carbocycles. The Morgan fingerprint density at radius 1 is 1.56 bits per heavy atom. The molecule has 25 heavy (non-hydrogen) atoms. The smallest absolute Gasteiger partial charge is 0.253 e. The predicted octanol–water partition coefficient (Wildman–Crippen LogP) is 1.49. The minimum absolute atomic E-state index is 0.140. The number of amides is 1. The summed E-state index contributed by atoms with van der Waals surface area (Å²) in [5.41, 5.74) is 2.39. The van der Waals surface area contributed by atoms with Crippen molar-refractivity contribution in [1.82, 2.24) is 15.1 Å². The van der Waals surface area contributed by atoms with E-state index in [4.69, 9.17) is 9.47 Å². The summed E-state index contributed by atoms with van der Waals surface area (Å²) in [7, 11) is 1.73. The Morgan fingerprint density at radius 2 is 2.36 bits per heavy atom. The van der Waals surface area contributed by atoms with Crippen molar-refractivity contribution in [3.63, 3.8) is 0 Å². The predicted molar refractivity (Wildman–Crippen MR) is 91.4 cm³/mol. The molecule has 1 aromatic heterocycles. The Hall–Kier alpha value is -2.54. The van der Waals surface area contributed by atoms with E-state index in [-0.39, 0.29) is 12.6 Å². The van der Waals surface area contributed by atoms with Gasteiger partial charge in [0.2, 0.25) is 0 Å². The number of rotatable bonds is 6. The van der Waals surface area contributed by atoms with Gasteiger partial charge in [-0.25, -0.2) is 0 Å². The molecule has 0 fully saturated rings. The minimum Gasteiger partial charge on any atom is -0.494 e. The first-order valence-corrected chi connectivity index (χ1v) is 8.37. The number of hydrogen-bond donors (Lipinski definition) is 2. The van der Waals surface area contributed by atoms with Crippen molar-refractivity contribution in [3.8, 4) is 11.5 Å². The number of benzene rings is 1. The summed E-state index contributed by atoms with van der Waals surface area (Å²) in [6, 6.07) is 3.88. The van der Waals surface area contributed by atoms with Crippen LogP contribution in [0.25, 0.3) is 0 Å². The summed E-state index contributed by atoms with van der Waals surface area (Å²) in [4.78, 5) is 12.2. The van der Waals surface area contributed by atoms with Crippen molar-refractivity contribution in [2.75, 3.05) is 6.61 Å². The standard InChI is InChI=1S/C18H23N3O4/c1-4-24-15-6-12-5-11(2)25-16(12)7-13(15)8-19-18(23)17(22)14-9-20-21(3)10-14/h6-7,9-11,17,22H,4-5,8H2,1-3H3,(H,19,23)/t11-,17-/m0/s1. The SMILES string of the molecule is CCOc1cc2c(cc1CNC(=O)[C@@H](O)c1cnn(C)c1)O[C@@H](C)C2. The molecule has 0 aliphatic carbocycles. The number of aromatic nitrogens is 2. The Labute approximate surface area is 146 Å². The van der Waals surface area contributed by atoms with Crippen LogP contribution in [0, 0.1) is 0 Å². The van der Waals surface area contributed by atoms with E-state index in [1.807, 2.05) is 26.0 Å². The van der Waals surface area contributed by atoms with Crippen molar-refractivity contribution in [1.29, 1.82) is 0 Å². The number of carbonyl (C=O) groups is 1. The molecular weight excluding hydrogens is 322 g/mol. The third kappa shape index (κ3) is 3.76. The lowest BCUT2D eigenvalue weighted by Crippen LogP contribution is -2.28. The Balaban J connectivity index is 1.71. The molecule has 2 atom stereocenters. The first-order chi connectivity index (χ1) is 12.0. The van der Waals surface area contributed by atoms with E-state index in [9.17, 15) is 9.90 Å². The Bertz CT molecular complexity index is 772. The van der Waals surface area contributed by atoms with Gasteiger partial charge in [0.15, 0.2) is 6.10 Å². The number of ether oxygens (including phenoxy) is 2. The largest absolute Gasteiger partial charge is 0.494 e. The lowest BCUT2D eigenvalue weighted by Gasteiger charge is -2.14. The molecule has 7 heteroatoms. The summed E-state index contributed by atoms with van der Waals surface area (Å²) in [5.74, 6) is 1.08. The Morgan fingerprint density at radius 3 is 3.04 bits per heavy atom. The number of hydrogen-bond acceptors (Lipinski definition) is 5. The normalized spacial score (nSPS) is 16.9. The first kappa shape index (κ1) is 17.3. The molecule has 1 aliphatic heterocycles. The lowest BCUT2D eigenvalue weighted by molar-refractivity contribution is -0.129. The van der Waals surface area contributed by atoms with Crippen LogP contribution >= 0.6 is 0 Å². The molecule has 2 heterocycles. The number of nitrogens with one attached hydrogen (secondary N) is 1. The van der Waals surface area contributed by atoms with Crippen molar-refractivity contribution in [2.24, 2.45) is 7.05 Å². The number of nitrogens with zero attached hydrogens (tertiary/aromatic N) is 2. The molecule has 2 N–H and O–H groups in total. The number of carbonyl (C=O) groups excluding carboxylic acids is 1. The highest BCUT2D eigenvalue weighted by Crippen LogP contribution is 2.35. The van der Waals surface area contributed by atoms with E-state index in [0.717, 1.165) is 29.0 Å². The highest BCUT2D eigenvalue weighted by Gasteiger charge is 2.23. The van der Waals surface area contributed by atoms with Gasteiger partial charge < -0.3 is 19.9 Å². The van der Waals surface area contributed by atoms with Gasteiger partial charge in [0.05, 0.1) is 12.8 Å². The molecule has 1 aliphatic rings. The van der Waals surface area contributed by atoms with Gasteiger partial charge in [0.1, 0.15) is 17.6 Å². The van der Waals surface area contributed by atoms with E-state index < -0.39 is 12.0 Å². The van der Waals surface area contributed by atoms with Gasteiger partial charge in [-0.05, 0) is 26.0 Å². The average Bonchev–Trinajstić information content (AvgIpc) is 3.16. The number of fused-ring (bicyclic) bond motifs is 1. The monoisotopic (exact) mass is 345 g/mol. The highest BCUT2D eigenvalue weighted by molar-refractivity contribution is 5.81. The van der Waals surface area contributed by atoms with Crippen molar-refractivity contribution < 1.29 is 19.4 Å². The molecule has 134 valence electrons. The summed E-state index contributed by atoms with van der Waals surface area (Å²) < 4.78 is 13.0. The lowest BCUT2D eigenvalue weighted by atomic mass is 10.1. The fraction of sp³-hybridized carbons (Fsp3) is 0.444. The molecule has 2 aromatic rings. The van der Waals surface area contributed by atoms with Crippen LogP contribution in [0.5, 0.6) is 11.5 Å². The van der Waals surface area contributed by atoms with E-state index in [2.05, 4.69) is 10.4 Å². The van der Waals surface area contributed by atoms with Crippen LogP contribution in [0.15, 0.2) is 24.5 Å².